The summed E-state index contributed by atoms with van der Waals surface area (Å²) in [5.41, 5.74) is 0.789. The second-order valence-corrected chi connectivity index (χ2v) is 15.4. The van der Waals surface area contributed by atoms with Crippen LogP contribution in [0, 0.1) is 0 Å². The summed E-state index contributed by atoms with van der Waals surface area (Å²) in [6.45, 7) is 2.19. The van der Waals surface area contributed by atoms with E-state index in [-0.39, 0.29) is 24.8 Å². The van der Waals surface area contributed by atoms with E-state index in [1.807, 2.05) is 84.9 Å². The molecule has 4 atom stereocenters. The monoisotopic (exact) mass is 800 g/mol. The van der Waals surface area contributed by atoms with Gasteiger partial charge in [0.2, 0.25) is 5.91 Å². The van der Waals surface area contributed by atoms with Crippen molar-refractivity contribution in [3.8, 4) is 5.75 Å². The minimum Gasteiger partial charge on any atom is -0.497 e. The van der Waals surface area contributed by atoms with Crippen LogP contribution >= 0.6 is 8.25 Å². The largest absolute Gasteiger partial charge is 0.695 e. The Morgan fingerprint density at radius 3 is 1.89 bits per heavy atom. The first-order valence-corrected chi connectivity index (χ1v) is 21.7. The summed E-state index contributed by atoms with van der Waals surface area (Å²) >= 11 is 0. The van der Waals surface area contributed by atoms with Gasteiger partial charge in [0.05, 0.1) is 13.7 Å². The van der Waals surface area contributed by atoms with Gasteiger partial charge in [-0.3, -0.25) is 9.36 Å². The van der Waals surface area contributed by atoms with Crippen LogP contribution in [-0.2, 0) is 29.0 Å². The molecular formula is C45H59N3O8P+. The summed E-state index contributed by atoms with van der Waals surface area (Å²) in [4.78, 5) is 39.9. The van der Waals surface area contributed by atoms with Gasteiger partial charge >= 0.3 is 13.9 Å². The van der Waals surface area contributed by atoms with Crippen molar-refractivity contribution in [2.45, 2.75) is 127 Å². The molecule has 0 aliphatic carbocycles. The first-order valence-electron chi connectivity index (χ1n) is 20.6. The highest BCUT2D eigenvalue weighted by molar-refractivity contribution is 7.32. The number of carbonyl (C=O) groups is 1. The molecule has 1 amide bonds. The Balaban J connectivity index is 1.19. The molecule has 0 spiro atoms. The van der Waals surface area contributed by atoms with E-state index in [4.69, 9.17) is 18.7 Å². The number of benzene rings is 3. The third kappa shape index (κ3) is 12.9. The molecule has 1 unspecified atom stereocenters. The van der Waals surface area contributed by atoms with Crippen molar-refractivity contribution in [1.29, 1.82) is 0 Å². The van der Waals surface area contributed by atoms with E-state index in [9.17, 15) is 19.0 Å². The molecule has 2 heterocycles. The second-order valence-electron chi connectivity index (χ2n) is 14.7. The van der Waals surface area contributed by atoms with Gasteiger partial charge in [0, 0.05) is 23.6 Å². The molecule has 0 saturated carbocycles. The van der Waals surface area contributed by atoms with Crippen LogP contribution in [0.1, 0.15) is 126 Å². The average molecular weight is 801 g/mol. The van der Waals surface area contributed by atoms with E-state index in [1.165, 1.54) is 75.0 Å². The zero-order chi connectivity index (χ0) is 40.3. The topological polar surface area (TPSA) is 138 Å². The van der Waals surface area contributed by atoms with E-state index in [1.54, 1.807) is 13.2 Å². The zero-order valence-electron chi connectivity index (χ0n) is 33.4. The number of rotatable bonds is 25. The van der Waals surface area contributed by atoms with Crippen LogP contribution in [-0.4, -0.2) is 46.3 Å². The molecule has 1 aliphatic rings. The molecule has 1 aliphatic heterocycles. The molecule has 3 aromatic carbocycles. The molecule has 57 heavy (non-hydrogen) atoms. The van der Waals surface area contributed by atoms with E-state index in [0.29, 0.717) is 12.2 Å². The lowest BCUT2D eigenvalue weighted by atomic mass is 9.80. The molecule has 0 radical (unpaired) electrons. The molecule has 12 heteroatoms. The predicted octanol–water partition coefficient (Wildman–Crippen LogP) is 10.0. The predicted molar refractivity (Wildman–Crippen MR) is 222 cm³/mol. The number of nitrogens with one attached hydrogen (secondary N) is 1. The molecule has 5 rings (SSSR count). The maximum absolute atomic E-state index is 13.3. The Bertz CT molecular complexity index is 1820. The average Bonchev–Trinajstić information content (AvgIpc) is 3.62. The lowest BCUT2D eigenvalue weighted by Crippen LogP contribution is -2.38. The normalized spacial score (nSPS) is 17.0. The van der Waals surface area contributed by atoms with Gasteiger partial charge < -0.3 is 19.5 Å². The zero-order valence-corrected chi connectivity index (χ0v) is 34.3. The van der Waals surface area contributed by atoms with Crippen molar-refractivity contribution in [2.24, 2.45) is 0 Å². The molecule has 1 aromatic heterocycles. The lowest BCUT2D eigenvalue weighted by Gasteiger charge is -2.37. The Kier molecular flexibility index (Phi) is 17.9. The minimum absolute atomic E-state index is 0.0598. The minimum atomic E-state index is -2.99. The third-order valence-electron chi connectivity index (χ3n) is 10.6. The van der Waals surface area contributed by atoms with Crippen molar-refractivity contribution >= 4 is 20.0 Å². The van der Waals surface area contributed by atoms with E-state index in [0.717, 1.165) is 36.0 Å². The highest BCUT2D eigenvalue weighted by Crippen LogP contribution is 2.43. The molecule has 306 valence electrons. The van der Waals surface area contributed by atoms with Gasteiger partial charge in [-0.15, -0.1) is 9.42 Å². The number of aromatic nitrogens is 2. The summed E-state index contributed by atoms with van der Waals surface area (Å²) in [6.07, 6.45) is 15.4. The Hall–Kier alpha value is -4.25. The fourth-order valence-corrected chi connectivity index (χ4v) is 8.04. The molecule has 11 nitrogen and oxygen atoms in total. The van der Waals surface area contributed by atoms with Crippen LogP contribution in [0.2, 0.25) is 0 Å². The number of methoxy groups -OCH3 is 1. The summed E-state index contributed by atoms with van der Waals surface area (Å²) in [6, 6.07) is 28.8. The van der Waals surface area contributed by atoms with Crippen LogP contribution in [0.3, 0.4) is 0 Å². The third-order valence-corrected chi connectivity index (χ3v) is 11.1. The standard InChI is InChI=1S/C45H58N3O8P/c1-3-4-5-6-7-8-9-10-11-12-13-14-21-26-42(49)46-41-31-32-48(44(50)47-41)43-33-39(56-57(51)52)40(55-43)34-54-45(35-22-17-15-18-23-35,36-24-19-16-20-25-36)37-27-29-38(53-2)30-28-37/h15-20,22-25,27-32,39-40,43H,3-14,21,26,33-34H2,1-2H3,(H-,46,47,49,50,51,52)/p+1/t39-,40+,43+/m0/s1. The summed E-state index contributed by atoms with van der Waals surface area (Å²) in [5.74, 6) is 0.667. The number of anilines is 1. The van der Waals surface area contributed by atoms with E-state index >= 15 is 0 Å². The van der Waals surface area contributed by atoms with Crippen LogP contribution in [0.15, 0.2) is 102 Å². The molecular weight excluding hydrogens is 741 g/mol. The number of amides is 1. The van der Waals surface area contributed by atoms with Gasteiger partial charge in [-0.2, -0.15) is 4.98 Å². The van der Waals surface area contributed by atoms with Crippen LogP contribution < -0.4 is 15.7 Å². The van der Waals surface area contributed by atoms with Crippen molar-refractivity contribution in [1.82, 2.24) is 9.55 Å². The highest BCUT2D eigenvalue weighted by atomic mass is 31.1. The summed E-state index contributed by atoms with van der Waals surface area (Å²) in [5, 5.41) is 2.75. The van der Waals surface area contributed by atoms with Gasteiger partial charge in [-0.05, 0) is 41.3 Å². The quantitative estimate of drug-likeness (QED) is 0.0381. The number of carbonyl (C=O) groups excluding carboxylic acids is 1. The van der Waals surface area contributed by atoms with Crippen molar-refractivity contribution in [3.63, 3.8) is 0 Å². The van der Waals surface area contributed by atoms with E-state index < -0.39 is 38.0 Å². The van der Waals surface area contributed by atoms with Gasteiger partial charge in [-0.1, -0.05) is 157 Å². The van der Waals surface area contributed by atoms with Crippen LogP contribution in [0.25, 0.3) is 0 Å². The van der Waals surface area contributed by atoms with E-state index in [2.05, 4.69) is 17.2 Å². The number of nitrogens with zero attached hydrogens (tertiary/aromatic N) is 2. The number of hydrogen-bond acceptors (Lipinski definition) is 8. The number of unbranched alkanes of at least 4 members (excludes halogenated alkanes) is 12. The molecule has 1 saturated heterocycles. The van der Waals surface area contributed by atoms with Gasteiger partial charge in [0.15, 0.2) is 0 Å². The maximum Gasteiger partial charge on any atom is 0.695 e. The fourth-order valence-electron chi connectivity index (χ4n) is 7.59. The molecule has 0 bridgehead atoms. The first-order chi connectivity index (χ1) is 27.8. The van der Waals surface area contributed by atoms with Gasteiger partial charge in [0.1, 0.15) is 35.6 Å². The second kappa shape index (κ2) is 23.2. The first kappa shape index (κ1) is 43.9. The van der Waals surface area contributed by atoms with Gasteiger partial charge in [-0.25, -0.2) is 4.79 Å². The van der Waals surface area contributed by atoms with Crippen molar-refractivity contribution in [3.05, 3.63) is 124 Å². The molecule has 4 aromatic rings. The maximum atomic E-state index is 13.3. The number of hydrogen-bond donors (Lipinski definition) is 2. The highest BCUT2D eigenvalue weighted by Gasteiger charge is 2.46. The Labute approximate surface area is 338 Å². The Morgan fingerprint density at radius 2 is 1.37 bits per heavy atom. The smallest absolute Gasteiger partial charge is 0.497 e. The molecule has 2 N–H and O–H groups in total. The number of ether oxygens (including phenoxy) is 3. The van der Waals surface area contributed by atoms with Crippen LogP contribution in [0.4, 0.5) is 5.82 Å². The lowest BCUT2D eigenvalue weighted by molar-refractivity contribution is -0.116. The molecule has 1 fully saturated rings. The summed E-state index contributed by atoms with van der Waals surface area (Å²) < 4.78 is 37.5. The SMILES string of the molecule is CCCCCCCCCCCCCCCC(=O)Nc1ccn([C@H]2C[C@H](O[P+](=O)O)[C@@H](COC(c3ccccc3)(c3ccccc3)c3ccc(OC)cc3)O2)c(=O)n1. The van der Waals surface area contributed by atoms with Gasteiger partial charge in [0.25, 0.3) is 0 Å². The van der Waals surface area contributed by atoms with Crippen molar-refractivity contribution < 1.29 is 33.0 Å². The van der Waals surface area contributed by atoms with Crippen LogP contribution in [0.5, 0.6) is 5.75 Å². The fraction of sp³-hybridized carbons (Fsp3) is 0.489. The summed E-state index contributed by atoms with van der Waals surface area (Å²) in [7, 11) is -1.38. The van der Waals surface area contributed by atoms with Crippen molar-refractivity contribution in [2.75, 3.05) is 19.0 Å². The Morgan fingerprint density at radius 1 is 0.825 bits per heavy atom.